The number of hydrogen-bond acceptors (Lipinski definition) is 9. The molecule has 10 nitrogen and oxygen atoms in total. The molecule has 0 saturated heterocycles. The Labute approximate surface area is 285 Å². The highest BCUT2D eigenvalue weighted by molar-refractivity contribution is 5.93. The minimum Gasteiger partial charge on any atom is -0.497 e. The number of esters is 1. The predicted octanol–water partition coefficient (Wildman–Crippen LogP) is 5.88. The van der Waals surface area contributed by atoms with Crippen molar-refractivity contribution in [3.63, 3.8) is 0 Å². The van der Waals surface area contributed by atoms with Crippen molar-refractivity contribution in [2.75, 3.05) is 32.1 Å². The van der Waals surface area contributed by atoms with Gasteiger partial charge in [-0.1, -0.05) is 30.3 Å². The minimum atomic E-state index is -0.863. The predicted molar refractivity (Wildman–Crippen MR) is 194 cm³/mol. The van der Waals surface area contributed by atoms with E-state index < -0.39 is 17.6 Å². The molecule has 0 aliphatic carbocycles. The molecular formula is C39H42N4O6. The number of carbonyl (C=O) groups excluding carboxylic acids is 1. The van der Waals surface area contributed by atoms with Crippen LogP contribution in [0.1, 0.15) is 36.6 Å². The van der Waals surface area contributed by atoms with Gasteiger partial charge in [0, 0.05) is 41.0 Å². The molecule has 10 heteroatoms. The molecule has 5 rings (SSSR count). The Hall–Kier alpha value is -5.42. The van der Waals surface area contributed by atoms with E-state index in [1.54, 1.807) is 43.5 Å². The average Bonchev–Trinajstić information content (AvgIpc) is 3.09. The summed E-state index contributed by atoms with van der Waals surface area (Å²) in [6.45, 7) is 5.22. The summed E-state index contributed by atoms with van der Waals surface area (Å²) in [5.41, 5.74) is 10.1. The largest absolute Gasteiger partial charge is 0.497 e. The van der Waals surface area contributed by atoms with Crippen LogP contribution in [0.2, 0.25) is 0 Å². The van der Waals surface area contributed by atoms with Crippen LogP contribution >= 0.6 is 0 Å². The van der Waals surface area contributed by atoms with Crippen LogP contribution in [0, 0.1) is 0 Å². The number of ether oxygens (including phenoxy) is 3. The quantitative estimate of drug-likeness (QED) is 0.0401. The van der Waals surface area contributed by atoms with Crippen molar-refractivity contribution in [1.82, 2.24) is 10.3 Å². The van der Waals surface area contributed by atoms with Crippen molar-refractivity contribution >= 4 is 34.3 Å². The minimum absolute atomic E-state index is 0.191. The lowest BCUT2D eigenvalue weighted by Crippen LogP contribution is -2.38. The normalized spacial score (nSPS) is 12.2. The fourth-order valence-corrected chi connectivity index (χ4v) is 5.05. The van der Waals surface area contributed by atoms with Crippen molar-refractivity contribution in [2.45, 2.75) is 31.9 Å². The van der Waals surface area contributed by atoms with E-state index in [-0.39, 0.29) is 11.3 Å². The second kappa shape index (κ2) is 16.1. The number of aliphatic hydroxyl groups is 1. The SMILES string of the molecule is COc1ccc(/C=C/C(=O)Oc2ccc([C@@H](O)CNCCc3ccc(Nc4ccc(OCC(C)(C)N)cc4)cc3)c3ccc(=O)[nH]c23)cc1. The fraction of sp³-hybridized carbons (Fsp3) is 0.231. The first-order chi connectivity index (χ1) is 23.6. The number of H-pyrrole nitrogens is 1. The maximum atomic E-state index is 12.6. The summed E-state index contributed by atoms with van der Waals surface area (Å²) in [5.74, 6) is 1.07. The van der Waals surface area contributed by atoms with Crippen molar-refractivity contribution in [3.8, 4) is 17.2 Å². The summed E-state index contributed by atoms with van der Waals surface area (Å²) >= 11 is 0. The van der Waals surface area contributed by atoms with Crippen LogP contribution in [-0.4, -0.2) is 48.4 Å². The van der Waals surface area contributed by atoms with E-state index in [2.05, 4.69) is 27.8 Å². The summed E-state index contributed by atoms with van der Waals surface area (Å²) in [6, 6.07) is 29.5. The Balaban J connectivity index is 1.12. The molecule has 1 heterocycles. The van der Waals surface area contributed by atoms with E-state index in [1.807, 2.05) is 62.4 Å². The van der Waals surface area contributed by atoms with Gasteiger partial charge in [-0.15, -0.1) is 0 Å². The van der Waals surface area contributed by atoms with E-state index in [1.165, 1.54) is 12.1 Å². The number of methoxy groups -OCH3 is 1. The summed E-state index contributed by atoms with van der Waals surface area (Å²) in [7, 11) is 1.59. The maximum absolute atomic E-state index is 12.6. The number of benzene rings is 4. The maximum Gasteiger partial charge on any atom is 0.336 e. The van der Waals surface area contributed by atoms with Gasteiger partial charge in [0.05, 0.1) is 18.7 Å². The number of nitrogens with two attached hydrogens (primary N) is 1. The highest BCUT2D eigenvalue weighted by atomic mass is 16.5. The van der Waals surface area contributed by atoms with Gasteiger partial charge in [-0.05, 0) is 110 Å². The molecule has 0 fully saturated rings. The lowest BCUT2D eigenvalue weighted by atomic mass is 10.0. The lowest BCUT2D eigenvalue weighted by molar-refractivity contribution is -0.128. The number of aromatic nitrogens is 1. The molecule has 4 aromatic carbocycles. The smallest absolute Gasteiger partial charge is 0.336 e. The highest BCUT2D eigenvalue weighted by Crippen LogP contribution is 2.30. The topological polar surface area (TPSA) is 148 Å². The number of anilines is 2. The summed E-state index contributed by atoms with van der Waals surface area (Å²) < 4.78 is 16.5. The van der Waals surface area contributed by atoms with E-state index in [0.717, 1.165) is 34.7 Å². The van der Waals surface area contributed by atoms with Crippen molar-refractivity contribution in [3.05, 3.63) is 130 Å². The summed E-state index contributed by atoms with van der Waals surface area (Å²) in [6.07, 6.45) is 2.84. The second-order valence-corrected chi connectivity index (χ2v) is 12.4. The van der Waals surface area contributed by atoms with Gasteiger partial charge in [-0.25, -0.2) is 4.79 Å². The summed E-state index contributed by atoms with van der Waals surface area (Å²) in [4.78, 5) is 27.5. The van der Waals surface area contributed by atoms with Gasteiger partial charge < -0.3 is 40.7 Å². The number of nitrogens with one attached hydrogen (secondary N) is 3. The Bertz CT molecular complexity index is 1930. The molecule has 0 spiro atoms. The third-order valence-electron chi connectivity index (χ3n) is 7.62. The molecule has 0 saturated carbocycles. The molecule has 0 unspecified atom stereocenters. The standard InChI is InChI=1S/C39H42N4O6/c1-39(2,40)25-48-31-15-11-29(12-16-31)42-28-9-4-27(5-10-28)22-23-41-24-34(44)32-17-19-35(38-33(32)18-20-36(45)43-38)49-37(46)21-8-26-6-13-30(47-3)14-7-26/h4-21,34,41-42,44H,22-25,40H2,1-3H3,(H,43,45)/b21-8+/t34-/m0/s1. The Morgan fingerprint density at radius 3 is 2.27 bits per heavy atom. The third-order valence-corrected chi connectivity index (χ3v) is 7.62. The number of aliphatic hydroxyl groups excluding tert-OH is 1. The van der Waals surface area contributed by atoms with Gasteiger partial charge in [0.1, 0.15) is 18.1 Å². The van der Waals surface area contributed by atoms with Crippen LogP contribution in [-0.2, 0) is 11.2 Å². The molecule has 254 valence electrons. The molecule has 0 amide bonds. The highest BCUT2D eigenvalue weighted by Gasteiger charge is 2.16. The molecule has 1 aromatic heterocycles. The van der Waals surface area contributed by atoms with Crippen LogP contribution in [0.25, 0.3) is 17.0 Å². The number of aromatic amines is 1. The van der Waals surface area contributed by atoms with Crippen LogP contribution in [0.4, 0.5) is 11.4 Å². The molecular weight excluding hydrogens is 620 g/mol. The van der Waals surface area contributed by atoms with Crippen LogP contribution in [0.15, 0.2) is 108 Å². The first kappa shape index (κ1) is 34.9. The first-order valence-corrected chi connectivity index (χ1v) is 16.0. The number of fused-ring (bicyclic) bond motifs is 1. The van der Waals surface area contributed by atoms with E-state index in [9.17, 15) is 14.7 Å². The Kier molecular flexibility index (Phi) is 11.5. The Morgan fingerprint density at radius 1 is 0.918 bits per heavy atom. The van der Waals surface area contributed by atoms with E-state index in [0.29, 0.717) is 41.9 Å². The average molecular weight is 663 g/mol. The lowest BCUT2D eigenvalue weighted by Gasteiger charge is -2.19. The molecule has 0 radical (unpaired) electrons. The van der Waals surface area contributed by atoms with Gasteiger partial charge in [0.2, 0.25) is 5.56 Å². The zero-order valence-corrected chi connectivity index (χ0v) is 27.9. The van der Waals surface area contributed by atoms with E-state index >= 15 is 0 Å². The molecule has 0 aliphatic rings. The van der Waals surface area contributed by atoms with Crippen LogP contribution in [0.5, 0.6) is 17.2 Å². The van der Waals surface area contributed by atoms with Crippen LogP contribution in [0.3, 0.4) is 0 Å². The number of rotatable bonds is 15. The first-order valence-electron chi connectivity index (χ1n) is 16.0. The molecule has 6 N–H and O–H groups in total. The van der Waals surface area contributed by atoms with Crippen molar-refractivity contribution in [1.29, 1.82) is 0 Å². The number of hydrogen-bond donors (Lipinski definition) is 5. The monoisotopic (exact) mass is 662 g/mol. The second-order valence-electron chi connectivity index (χ2n) is 12.4. The molecule has 5 aromatic rings. The van der Waals surface area contributed by atoms with Gasteiger partial charge in [0.15, 0.2) is 5.75 Å². The van der Waals surface area contributed by atoms with Gasteiger partial charge in [-0.3, -0.25) is 4.79 Å². The van der Waals surface area contributed by atoms with Gasteiger partial charge >= 0.3 is 5.97 Å². The van der Waals surface area contributed by atoms with Crippen LogP contribution < -0.4 is 36.1 Å². The number of carbonyl (C=O) groups is 1. The van der Waals surface area contributed by atoms with E-state index in [4.69, 9.17) is 19.9 Å². The number of pyridine rings is 1. The summed E-state index contributed by atoms with van der Waals surface area (Å²) in [5, 5.41) is 18.4. The molecule has 49 heavy (non-hydrogen) atoms. The zero-order chi connectivity index (χ0) is 34.8. The third kappa shape index (κ3) is 10.3. The Morgan fingerprint density at radius 2 is 1.59 bits per heavy atom. The van der Waals surface area contributed by atoms with Gasteiger partial charge in [0.25, 0.3) is 0 Å². The van der Waals surface area contributed by atoms with Crippen molar-refractivity contribution in [2.24, 2.45) is 5.73 Å². The molecule has 0 bridgehead atoms. The van der Waals surface area contributed by atoms with Crippen molar-refractivity contribution < 1.29 is 24.1 Å². The molecule has 1 atom stereocenters. The fourth-order valence-electron chi connectivity index (χ4n) is 5.05. The van der Waals surface area contributed by atoms with Gasteiger partial charge in [-0.2, -0.15) is 0 Å². The molecule has 0 aliphatic heterocycles. The zero-order valence-electron chi connectivity index (χ0n) is 27.9.